The number of aldehydes is 1. The first-order valence-corrected chi connectivity index (χ1v) is 7.92. The molecule has 0 saturated carbocycles. The van der Waals surface area contributed by atoms with E-state index in [-0.39, 0.29) is 5.04 Å². The molecule has 2 nitrogen and oxygen atoms in total. The molecule has 0 heterocycles. The third-order valence-corrected chi connectivity index (χ3v) is 6.59. The van der Waals surface area contributed by atoms with Gasteiger partial charge < -0.3 is 9.59 Å². The Labute approximate surface area is 82.5 Å². The molecular weight excluding hydrogens is 180 g/mol. The number of carbonyl (C=O) groups is 1. The fraction of sp³-hybridized carbons (Fsp3) is 0.900. The summed E-state index contributed by atoms with van der Waals surface area (Å²) in [6, 6.07) is 0. The summed E-state index contributed by atoms with van der Waals surface area (Å²) in [5.41, 5.74) is 0. The molecule has 0 aromatic heterocycles. The standard InChI is InChI=1S/C10H22O2Si/c1-10(2,13(3,4)12)8-6-5-7-9-11/h9,12H,5-8H2,1-4H3. The second kappa shape index (κ2) is 4.91. The van der Waals surface area contributed by atoms with Crippen LogP contribution in [0.15, 0.2) is 0 Å². The average Bonchev–Trinajstić information content (AvgIpc) is 1.96. The maximum atomic E-state index is 10.1. The van der Waals surface area contributed by atoms with Gasteiger partial charge >= 0.3 is 0 Å². The second-order valence-corrected chi connectivity index (χ2v) is 9.33. The van der Waals surface area contributed by atoms with Crippen LogP contribution >= 0.6 is 0 Å². The van der Waals surface area contributed by atoms with Crippen LogP contribution < -0.4 is 0 Å². The van der Waals surface area contributed by atoms with E-state index in [1.165, 1.54) is 0 Å². The van der Waals surface area contributed by atoms with Crippen LogP contribution in [0, 0.1) is 0 Å². The van der Waals surface area contributed by atoms with Gasteiger partial charge in [-0.05, 0) is 31.0 Å². The lowest BCUT2D eigenvalue weighted by atomic mass is 10.0. The molecule has 0 aromatic rings. The van der Waals surface area contributed by atoms with E-state index < -0.39 is 8.32 Å². The molecule has 0 bridgehead atoms. The van der Waals surface area contributed by atoms with Gasteiger partial charge in [0.25, 0.3) is 0 Å². The minimum absolute atomic E-state index is 0.0654. The molecule has 0 spiro atoms. The summed E-state index contributed by atoms with van der Waals surface area (Å²) in [5, 5.41) is 0.0654. The molecule has 0 atom stereocenters. The molecule has 0 unspecified atom stereocenters. The lowest BCUT2D eigenvalue weighted by Gasteiger charge is -2.35. The summed E-state index contributed by atoms with van der Waals surface area (Å²) in [6.45, 7) is 8.21. The van der Waals surface area contributed by atoms with Crippen molar-refractivity contribution in [3.8, 4) is 0 Å². The van der Waals surface area contributed by atoms with E-state index in [1.807, 2.05) is 13.1 Å². The highest BCUT2D eigenvalue weighted by Crippen LogP contribution is 2.40. The molecule has 0 aliphatic carbocycles. The van der Waals surface area contributed by atoms with Gasteiger partial charge in [-0.2, -0.15) is 0 Å². The predicted molar refractivity (Wildman–Crippen MR) is 58.3 cm³/mol. The Morgan fingerprint density at radius 3 is 2.23 bits per heavy atom. The monoisotopic (exact) mass is 202 g/mol. The molecule has 0 aromatic carbocycles. The third kappa shape index (κ3) is 4.57. The molecule has 0 radical (unpaired) electrons. The van der Waals surface area contributed by atoms with Gasteiger partial charge in [-0.3, -0.25) is 0 Å². The summed E-state index contributed by atoms with van der Waals surface area (Å²) in [6.07, 6.45) is 4.65. The van der Waals surface area contributed by atoms with Gasteiger partial charge in [-0.15, -0.1) is 0 Å². The van der Waals surface area contributed by atoms with Gasteiger partial charge in [0.15, 0.2) is 8.32 Å². The number of carbonyl (C=O) groups excluding carboxylic acids is 1. The molecule has 78 valence electrons. The Bertz CT molecular complexity index is 159. The van der Waals surface area contributed by atoms with Gasteiger partial charge in [-0.25, -0.2) is 0 Å². The molecule has 0 fully saturated rings. The maximum Gasteiger partial charge on any atom is 0.188 e. The average molecular weight is 202 g/mol. The molecule has 0 rings (SSSR count). The third-order valence-electron chi connectivity index (χ3n) is 3.03. The fourth-order valence-corrected chi connectivity index (χ4v) is 1.89. The summed E-state index contributed by atoms with van der Waals surface area (Å²) >= 11 is 0. The van der Waals surface area contributed by atoms with Crippen LogP contribution in [0.4, 0.5) is 0 Å². The van der Waals surface area contributed by atoms with Crippen LogP contribution in [0.1, 0.15) is 39.5 Å². The quantitative estimate of drug-likeness (QED) is 0.408. The second-order valence-electron chi connectivity index (χ2n) is 4.86. The molecule has 0 aliphatic rings. The lowest BCUT2D eigenvalue weighted by molar-refractivity contribution is -0.107. The van der Waals surface area contributed by atoms with Crippen molar-refractivity contribution in [1.29, 1.82) is 0 Å². The highest BCUT2D eigenvalue weighted by atomic mass is 28.4. The van der Waals surface area contributed by atoms with E-state index in [0.717, 1.165) is 25.5 Å². The van der Waals surface area contributed by atoms with Crippen LogP contribution in [0.2, 0.25) is 18.1 Å². The van der Waals surface area contributed by atoms with Crippen LogP contribution in [0.5, 0.6) is 0 Å². The Morgan fingerprint density at radius 2 is 1.85 bits per heavy atom. The zero-order chi connectivity index (χ0) is 10.5. The summed E-state index contributed by atoms with van der Waals surface area (Å²) in [5.74, 6) is 0. The smallest absolute Gasteiger partial charge is 0.188 e. The first-order valence-electron chi connectivity index (χ1n) is 4.97. The van der Waals surface area contributed by atoms with E-state index in [2.05, 4.69) is 13.8 Å². The predicted octanol–water partition coefficient (Wildman–Crippen LogP) is 2.72. The number of hydrogen-bond donors (Lipinski definition) is 1. The highest BCUT2D eigenvalue weighted by Gasteiger charge is 2.36. The van der Waals surface area contributed by atoms with Gasteiger partial charge in [0, 0.05) is 6.42 Å². The van der Waals surface area contributed by atoms with Gasteiger partial charge in [-0.1, -0.05) is 20.3 Å². The van der Waals surface area contributed by atoms with Crippen molar-refractivity contribution in [3.05, 3.63) is 0 Å². The molecular formula is C10H22O2Si. The Balaban J connectivity index is 3.83. The lowest BCUT2D eigenvalue weighted by Crippen LogP contribution is -2.38. The van der Waals surface area contributed by atoms with Crippen molar-refractivity contribution >= 4 is 14.6 Å². The zero-order valence-electron chi connectivity index (χ0n) is 9.26. The summed E-state index contributed by atoms with van der Waals surface area (Å²) < 4.78 is 0. The number of rotatable bonds is 6. The van der Waals surface area contributed by atoms with Crippen molar-refractivity contribution in [2.24, 2.45) is 0 Å². The fourth-order valence-electron chi connectivity index (χ4n) is 1.10. The van der Waals surface area contributed by atoms with Crippen molar-refractivity contribution in [2.45, 2.75) is 57.7 Å². The first kappa shape index (κ1) is 12.8. The van der Waals surface area contributed by atoms with E-state index in [9.17, 15) is 9.59 Å². The van der Waals surface area contributed by atoms with E-state index in [0.29, 0.717) is 6.42 Å². The minimum atomic E-state index is -2.03. The van der Waals surface area contributed by atoms with Crippen molar-refractivity contribution in [3.63, 3.8) is 0 Å². The molecule has 13 heavy (non-hydrogen) atoms. The van der Waals surface area contributed by atoms with Gasteiger partial charge in [0.1, 0.15) is 6.29 Å². The van der Waals surface area contributed by atoms with Gasteiger partial charge in [0.2, 0.25) is 0 Å². The number of unbranched alkanes of at least 4 members (excludes halogenated alkanes) is 2. The first-order chi connectivity index (χ1) is 5.81. The molecule has 0 amide bonds. The topological polar surface area (TPSA) is 37.3 Å². The van der Waals surface area contributed by atoms with Crippen molar-refractivity contribution < 1.29 is 9.59 Å². The summed E-state index contributed by atoms with van der Waals surface area (Å²) in [7, 11) is -2.03. The zero-order valence-corrected chi connectivity index (χ0v) is 10.3. The SMILES string of the molecule is CC(C)(CCCCC=O)[Si](C)(C)O. The van der Waals surface area contributed by atoms with Crippen molar-refractivity contribution in [1.82, 2.24) is 0 Å². The highest BCUT2D eigenvalue weighted by molar-refractivity contribution is 6.72. The Hall–Kier alpha value is -0.153. The largest absolute Gasteiger partial charge is 0.432 e. The van der Waals surface area contributed by atoms with E-state index >= 15 is 0 Å². The van der Waals surface area contributed by atoms with E-state index in [1.54, 1.807) is 0 Å². The summed E-state index contributed by atoms with van der Waals surface area (Å²) in [4.78, 5) is 20.1. The molecule has 1 N–H and O–H groups in total. The van der Waals surface area contributed by atoms with Crippen molar-refractivity contribution in [2.75, 3.05) is 0 Å². The minimum Gasteiger partial charge on any atom is -0.432 e. The molecule has 3 heteroatoms. The van der Waals surface area contributed by atoms with Crippen LogP contribution in [-0.2, 0) is 4.79 Å². The maximum absolute atomic E-state index is 10.1. The van der Waals surface area contributed by atoms with E-state index in [4.69, 9.17) is 0 Å². The van der Waals surface area contributed by atoms with Gasteiger partial charge in [0.05, 0.1) is 0 Å². The van der Waals surface area contributed by atoms with Crippen LogP contribution in [0.3, 0.4) is 0 Å². The Kier molecular flexibility index (Phi) is 4.85. The Morgan fingerprint density at radius 1 is 1.31 bits per heavy atom. The molecule has 0 saturated heterocycles. The number of hydrogen-bond acceptors (Lipinski definition) is 2. The molecule has 0 aliphatic heterocycles. The van der Waals surface area contributed by atoms with Crippen LogP contribution in [-0.4, -0.2) is 19.4 Å². The normalized spacial score (nSPS) is 13.0. The van der Waals surface area contributed by atoms with Crippen LogP contribution in [0.25, 0.3) is 0 Å².